The molecule has 0 spiro atoms. The van der Waals surface area contributed by atoms with Gasteiger partial charge in [-0.25, -0.2) is 9.37 Å². The van der Waals surface area contributed by atoms with Gasteiger partial charge in [0.2, 0.25) is 0 Å². The van der Waals surface area contributed by atoms with Gasteiger partial charge in [-0.05, 0) is 12.1 Å². The van der Waals surface area contributed by atoms with Gasteiger partial charge in [0, 0.05) is 31.4 Å². The first-order valence-electron chi connectivity index (χ1n) is 5.80. The topological polar surface area (TPSA) is 16.1 Å². The number of rotatable bonds is 2. The van der Waals surface area contributed by atoms with Gasteiger partial charge < -0.3 is 4.90 Å². The number of hydrogen-bond donors (Lipinski definition) is 0. The first-order chi connectivity index (χ1) is 9.30. The molecule has 1 heterocycles. The molecule has 0 saturated heterocycles. The van der Waals surface area contributed by atoms with E-state index in [1.54, 1.807) is 6.07 Å². The zero-order valence-electron chi connectivity index (χ0n) is 10.9. The summed E-state index contributed by atoms with van der Waals surface area (Å²) in [5.74, 6) is -0.780. The van der Waals surface area contributed by atoms with Crippen molar-refractivity contribution in [3.63, 3.8) is 0 Å². The number of aromatic nitrogens is 1. The third-order valence-electron chi connectivity index (χ3n) is 2.78. The van der Waals surface area contributed by atoms with Crippen LogP contribution < -0.4 is 4.90 Å². The summed E-state index contributed by atoms with van der Waals surface area (Å²) in [6.45, 7) is 0. The van der Waals surface area contributed by atoms with Crippen molar-refractivity contribution < 1.29 is 17.6 Å². The summed E-state index contributed by atoms with van der Waals surface area (Å²) in [4.78, 5) is 5.07. The van der Waals surface area contributed by atoms with Crippen LogP contribution in [0, 0.1) is 5.82 Å². The van der Waals surface area contributed by atoms with E-state index in [4.69, 9.17) is 0 Å². The molecule has 0 fully saturated rings. The maximum absolute atomic E-state index is 13.6. The van der Waals surface area contributed by atoms with Crippen LogP contribution in [0.1, 0.15) is 5.56 Å². The van der Waals surface area contributed by atoms with Gasteiger partial charge in [-0.2, -0.15) is 13.2 Å². The largest absolute Gasteiger partial charge is 0.419 e. The highest BCUT2D eigenvalue weighted by atomic mass is 19.4. The fourth-order valence-corrected chi connectivity index (χ4v) is 1.87. The van der Waals surface area contributed by atoms with Crippen LogP contribution in [0.5, 0.6) is 0 Å². The lowest BCUT2D eigenvalue weighted by Crippen LogP contribution is -2.18. The molecule has 6 heteroatoms. The van der Waals surface area contributed by atoms with Gasteiger partial charge in [0.25, 0.3) is 0 Å². The highest BCUT2D eigenvalue weighted by Crippen LogP contribution is 2.37. The molecule has 0 bridgehead atoms. The summed E-state index contributed by atoms with van der Waals surface area (Å²) in [5.41, 5.74) is -0.694. The van der Waals surface area contributed by atoms with Crippen molar-refractivity contribution in [2.24, 2.45) is 0 Å². The SMILES string of the molecule is CN(C)c1ncc(-c2ccccc2F)cc1C(F)(F)F. The van der Waals surface area contributed by atoms with E-state index in [1.165, 1.54) is 43.4 Å². The predicted molar refractivity (Wildman–Crippen MR) is 69.0 cm³/mol. The maximum atomic E-state index is 13.6. The normalized spacial score (nSPS) is 11.5. The fourth-order valence-electron chi connectivity index (χ4n) is 1.87. The molecule has 0 N–H and O–H groups in total. The number of alkyl halides is 3. The van der Waals surface area contributed by atoms with Crippen LogP contribution in [0.25, 0.3) is 11.1 Å². The number of pyridine rings is 1. The highest BCUT2D eigenvalue weighted by molar-refractivity contribution is 5.67. The molecule has 2 nitrogen and oxygen atoms in total. The van der Waals surface area contributed by atoms with E-state index in [0.717, 1.165) is 6.07 Å². The van der Waals surface area contributed by atoms with Crippen molar-refractivity contribution in [3.8, 4) is 11.1 Å². The first kappa shape index (κ1) is 14.3. The monoisotopic (exact) mass is 284 g/mol. The fraction of sp³-hybridized carbons (Fsp3) is 0.214. The predicted octanol–water partition coefficient (Wildman–Crippen LogP) is 3.97. The quantitative estimate of drug-likeness (QED) is 0.776. The van der Waals surface area contributed by atoms with Crippen molar-refractivity contribution in [2.75, 3.05) is 19.0 Å². The van der Waals surface area contributed by atoms with Crippen LogP contribution in [0.2, 0.25) is 0 Å². The molecule has 0 aliphatic carbocycles. The lowest BCUT2D eigenvalue weighted by atomic mass is 10.0. The summed E-state index contributed by atoms with van der Waals surface area (Å²) in [6, 6.07) is 6.57. The lowest BCUT2D eigenvalue weighted by molar-refractivity contribution is -0.137. The molecule has 0 aliphatic rings. The van der Waals surface area contributed by atoms with Crippen molar-refractivity contribution >= 4 is 5.82 Å². The third kappa shape index (κ3) is 2.74. The summed E-state index contributed by atoms with van der Waals surface area (Å²) in [7, 11) is 2.95. The van der Waals surface area contributed by atoms with Crippen LogP contribution in [-0.2, 0) is 6.18 Å². The van der Waals surface area contributed by atoms with Crippen molar-refractivity contribution in [1.29, 1.82) is 0 Å². The number of nitrogens with zero attached hydrogens (tertiary/aromatic N) is 2. The Kier molecular flexibility index (Phi) is 3.65. The van der Waals surface area contributed by atoms with E-state index in [-0.39, 0.29) is 16.9 Å². The Morgan fingerprint density at radius 3 is 2.30 bits per heavy atom. The van der Waals surface area contributed by atoms with Crippen LogP contribution in [0.3, 0.4) is 0 Å². The minimum atomic E-state index is -4.55. The van der Waals surface area contributed by atoms with Gasteiger partial charge in [-0.3, -0.25) is 0 Å². The highest BCUT2D eigenvalue weighted by Gasteiger charge is 2.35. The van der Waals surface area contributed by atoms with Gasteiger partial charge >= 0.3 is 6.18 Å². The molecule has 0 saturated carbocycles. The Hall–Kier alpha value is -2.11. The molecule has 0 atom stereocenters. The van der Waals surface area contributed by atoms with Crippen molar-refractivity contribution in [3.05, 3.63) is 47.9 Å². The van der Waals surface area contributed by atoms with E-state index in [9.17, 15) is 17.6 Å². The number of benzene rings is 1. The smallest absolute Gasteiger partial charge is 0.362 e. The Labute approximate surface area is 113 Å². The molecule has 106 valence electrons. The van der Waals surface area contributed by atoms with Gasteiger partial charge in [0.05, 0.1) is 5.56 Å². The Balaban J connectivity index is 2.62. The minimum absolute atomic E-state index is 0.0933. The molecule has 0 amide bonds. The second kappa shape index (κ2) is 5.11. The third-order valence-corrected chi connectivity index (χ3v) is 2.78. The molecule has 1 aromatic carbocycles. The molecule has 0 radical (unpaired) electrons. The van der Waals surface area contributed by atoms with Gasteiger partial charge in [-0.15, -0.1) is 0 Å². The maximum Gasteiger partial charge on any atom is 0.419 e. The van der Waals surface area contributed by atoms with Crippen LogP contribution >= 0.6 is 0 Å². The van der Waals surface area contributed by atoms with Crippen LogP contribution in [0.15, 0.2) is 36.5 Å². The zero-order chi connectivity index (χ0) is 14.9. The lowest BCUT2D eigenvalue weighted by Gasteiger charge is -2.19. The molecular weight excluding hydrogens is 272 g/mol. The number of halogens is 4. The summed E-state index contributed by atoms with van der Waals surface area (Å²) < 4.78 is 52.8. The van der Waals surface area contributed by atoms with Gasteiger partial charge in [-0.1, -0.05) is 18.2 Å². The molecule has 20 heavy (non-hydrogen) atoms. The molecule has 0 aliphatic heterocycles. The second-order valence-electron chi connectivity index (χ2n) is 4.47. The standard InChI is InChI=1S/C14H12F4N2/c1-20(2)13-11(14(16,17)18)7-9(8-19-13)10-5-3-4-6-12(10)15/h3-8H,1-2H3. The minimum Gasteiger partial charge on any atom is -0.362 e. The molecule has 2 rings (SSSR count). The molecule has 0 unspecified atom stereocenters. The number of anilines is 1. The second-order valence-corrected chi connectivity index (χ2v) is 4.47. The van der Waals surface area contributed by atoms with E-state index < -0.39 is 17.6 Å². The van der Waals surface area contributed by atoms with Crippen LogP contribution in [0.4, 0.5) is 23.4 Å². The average Bonchev–Trinajstić information content (AvgIpc) is 2.37. The van der Waals surface area contributed by atoms with Crippen molar-refractivity contribution in [1.82, 2.24) is 4.98 Å². The Bertz CT molecular complexity index is 621. The zero-order valence-corrected chi connectivity index (χ0v) is 10.9. The first-order valence-corrected chi connectivity index (χ1v) is 5.80. The van der Waals surface area contributed by atoms with Gasteiger partial charge in [0.1, 0.15) is 11.6 Å². The van der Waals surface area contributed by atoms with Crippen molar-refractivity contribution in [2.45, 2.75) is 6.18 Å². The average molecular weight is 284 g/mol. The molecule has 2 aromatic rings. The van der Waals surface area contributed by atoms with E-state index >= 15 is 0 Å². The summed E-state index contributed by atoms with van der Waals surface area (Å²) >= 11 is 0. The molecule has 1 aromatic heterocycles. The summed E-state index contributed by atoms with van der Waals surface area (Å²) in [6.07, 6.45) is -3.31. The Morgan fingerprint density at radius 2 is 1.75 bits per heavy atom. The van der Waals surface area contributed by atoms with E-state index in [0.29, 0.717) is 0 Å². The number of hydrogen-bond acceptors (Lipinski definition) is 2. The Morgan fingerprint density at radius 1 is 1.10 bits per heavy atom. The van der Waals surface area contributed by atoms with E-state index in [2.05, 4.69) is 4.98 Å². The molecular formula is C14H12F4N2. The van der Waals surface area contributed by atoms with E-state index in [1.807, 2.05) is 0 Å². The van der Waals surface area contributed by atoms with Crippen LogP contribution in [-0.4, -0.2) is 19.1 Å². The summed E-state index contributed by atoms with van der Waals surface area (Å²) in [5, 5.41) is 0. The van der Waals surface area contributed by atoms with Gasteiger partial charge in [0.15, 0.2) is 0 Å².